The molecule has 1 fully saturated rings. The molecule has 1 N–H and O–H groups in total. The highest BCUT2D eigenvalue weighted by Crippen LogP contribution is 2.36. The molecule has 2 aliphatic rings. The average Bonchev–Trinajstić information content (AvgIpc) is 3.43. The molecule has 4 amide bonds. The fourth-order valence-electron chi connectivity index (χ4n) is 4.30. The predicted octanol–water partition coefficient (Wildman–Crippen LogP) is 3.67. The minimum Gasteiger partial charge on any atom is -0.467 e. The van der Waals surface area contributed by atoms with Crippen molar-refractivity contribution in [2.24, 2.45) is 0 Å². The lowest BCUT2D eigenvalue weighted by Crippen LogP contribution is -2.61. The van der Waals surface area contributed by atoms with E-state index in [-0.39, 0.29) is 48.6 Å². The number of fused-ring (bicyclic) bond motifs is 1. The number of aryl methyl sites for hydroxylation is 3. The van der Waals surface area contributed by atoms with Gasteiger partial charge < -0.3 is 14.6 Å². The number of carbonyl (C=O) groups excluding carboxylic acids is 3. The van der Waals surface area contributed by atoms with Crippen LogP contribution in [0.4, 0.5) is 4.79 Å². The third-order valence-corrected chi connectivity index (χ3v) is 7.02. The third-order valence-electron chi connectivity index (χ3n) is 5.93. The smallest absolute Gasteiger partial charge is 0.327 e. The van der Waals surface area contributed by atoms with Gasteiger partial charge in [-0.15, -0.1) is 11.8 Å². The summed E-state index contributed by atoms with van der Waals surface area (Å²) in [6, 6.07) is 7.13. The van der Waals surface area contributed by atoms with E-state index in [1.54, 1.807) is 23.3 Å². The molecule has 2 unspecified atom stereocenters. The molecule has 168 valence electrons. The Balaban J connectivity index is 1.47. The van der Waals surface area contributed by atoms with Crippen molar-refractivity contribution in [3.05, 3.63) is 70.0 Å². The van der Waals surface area contributed by atoms with Crippen LogP contribution in [0.15, 0.2) is 46.4 Å². The van der Waals surface area contributed by atoms with Crippen molar-refractivity contribution < 1.29 is 18.8 Å². The topological polar surface area (TPSA) is 82.9 Å². The van der Waals surface area contributed by atoms with Gasteiger partial charge in [-0.25, -0.2) is 4.79 Å². The van der Waals surface area contributed by atoms with Gasteiger partial charge in [0, 0.05) is 19.5 Å². The summed E-state index contributed by atoms with van der Waals surface area (Å²) in [6.45, 7) is 6.90. The summed E-state index contributed by atoms with van der Waals surface area (Å²) in [4.78, 5) is 41.7. The van der Waals surface area contributed by atoms with Crippen molar-refractivity contribution in [3.8, 4) is 0 Å². The Hall–Kier alpha value is -3.00. The van der Waals surface area contributed by atoms with E-state index in [1.165, 1.54) is 22.2 Å². The van der Waals surface area contributed by atoms with Crippen LogP contribution >= 0.6 is 11.8 Å². The summed E-state index contributed by atoms with van der Waals surface area (Å²) in [5.74, 6) is 0.176. The van der Waals surface area contributed by atoms with Crippen LogP contribution in [0.25, 0.3) is 0 Å². The zero-order chi connectivity index (χ0) is 22.8. The first-order chi connectivity index (χ1) is 15.3. The Morgan fingerprint density at radius 2 is 1.94 bits per heavy atom. The Kier molecular flexibility index (Phi) is 6.41. The van der Waals surface area contributed by atoms with E-state index in [0.29, 0.717) is 12.3 Å². The number of urea groups is 1. The molecule has 3 heterocycles. The molecule has 0 radical (unpaired) electrons. The summed E-state index contributed by atoms with van der Waals surface area (Å²) in [6.07, 6.45) is 3.52. The lowest BCUT2D eigenvalue weighted by Gasteiger charge is -2.41. The maximum atomic E-state index is 13.4. The van der Waals surface area contributed by atoms with E-state index in [9.17, 15) is 14.4 Å². The number of carbonyl (C=O) groups is 3. The van der Waals surface area contributed by atoms with Gasteiger partial charge in [0.25, 0.3) is 0 Å². The number of thioether (sulfide) groups is 1. The largest absolute Gasteiger partial charge is 0.467 e. The molecule has 1 aromatic carbocycles. The molecule has 2 aromatic rings. The zero-order valence-corrected chi connectivity index (χ0v) is 19.3. The standard InChI is InChI=1S/C24H27N3O4S/c1-15-11-16(2)19(17(3)12-15)14-27-20-7-10-32-22(20)23(29)26(24(27)30)8-6-21(28)25-13-18-5-4-9-31-18/h4-5,7,9-12,20,22H,6,8,13-14H2,1-3H3,(H,25,28). The van der Waals surface area contributed by atoms with Crippen molar-refractivity contribution in [2.75, 3.05) is 6.54 Å². The van der Waals surface area contributed by atoms with E-state index < -0.39 is 0 Å². The van der Waals surface area contributed by atoms with Crippen LogP contribution in [-0.4, -0.2) is 45.5 Å². The van der Waals surface area contributed by atoms with Gasteiger partial charge in [0.1, 0.15) is 11.0 Å². The Morgan fingerprint density at radius 1 is 1.19 bits per heavy atom. The van der Waals surface area contributed by atoms with Gasteiger partial charge in [0.2, 0.25) is 11.8 Å². The van der Waals surface area contributed by atoms with E-state index in [4.69, 9.17) is 4.42 Å². The normalized spacial score (nSPS) is 20.1. The molecule has 4 rings (SSSR count). The summed E-state index contributed by atoms with van der Waals surface area (Å²) >= 11 is 1.43. The highest BCUT2D eigenvalue weighted by atomic mass is 32.2. The van der Waals surface area contributed by atoms with Gasteiger partial charge in [-0.05, 0) is 55.0 Å². The average molecular weight is 454 g/mol. The van der Waals surface area contributed by atoms with Gasteiger partial charge in [0.15, 0.2) is 0 Å². The molecule has 32 heavy (non-hydrogen) atoms. The highest BCUT2D eigenvalue weighted by Gasteiger charge is 2.47. The Labute approximate surface area is 191 Å². The molecule has 2 aliphatic heterocycles. The van der Waals surface area contributed by atoms with E-state index in [1.807, 2.05) is 25.3 Å². The molecule has 0 saturated carbocycles. The minimum absolute atomic E-state index is 0.0457. The third kappa shape index (κ3) is 4.46. The molecule has 0 bridgehead atoms. The maximum absolute atomic E-state index is 13.4. The monoisotopic (exact) mass is 453 g/mol. The lowest BCUT2D eigenvalue weighted by molar-refractivity contribution is -0.131. The first-order valence-electron chi connectivity index (χ1n) is 10.6. The molecule has 2 atom stereocenters. The second-order valence-corrected chi connectivity index (χ2v) is 9.31. The van der Waals surface area contributed by atoms with Crippen molar-refractivity contribution in [2.45, 2.75) is 51.6 Å². The molecule has 8 heteroatoms. The summed E-state index contributed by atoms with van der Waals surface area (Å²) in [7, 11) is 0. The first-order valence-corrected chi connectivity index (χ1v) is 11.6. The quantitative estimate of drug-likeness (QED) is 0.692. The van der Waals surface area contributed by atoms with Crippen LogP contribution in [0, 0.1) is 20.8 Å². The van der Waals surface area contributed by atoms with Gasteiger partial charge in [-0.2, -0.15) is 0 Å². The van der Waals surface area contributed by atoms with Gasteiger partial charge >= 0.3 is 6.03 Å². The fraction of sp³-hybridized carbons (Fsp3) is 0.375. The minimum atomic E-state index is -0.370. The Bertz CT molecular complexity index is 1040. The van der Waals surface area contributed by atoms with Crippen LogP contribution in [-0.2, 0) is 22.7 Å². The lowest BCUT2D eigenvalue weighted by atomic mass is 9.98. The number of benzene rings is 1. The van der Waals surface area contributed by atoms with Gasteiger partial charge in [-0.3, -0.25) is 14.5 Å². The number of nitrogens with one attached hydrogen (secondary N) is 1. The summed E-state index contributed by atoms with van der Waals surface area (Å²) < 4.78 is 5.21. The number of furan rings is 1. The molecule has 0 spiro atoms. The number of hydrogen-bond donors (Lipinski definition) is 1. The van der Waals surface area contributed by atoms with Crippen molar-refractivity contribution >= 4 is 29.6 Å². The molecule has 1 aromatic heterocycles. The van der Waals surface area contributed by atoms with Crippen LogP contribution in [0.3, 0.4) is 0 Å². The zero-order valence-electron chi connectivity index (χ0n) is 18.5. The van der Waals surface area contributed by atoms with E-state index >= 15 is 0 Å². The summed E-state index contributed by atoms with van der Waals surface area (Å²) in [5.41, 5.74) is 4.53. The van der Waals surface area contributed by atoms with Crippen LogP contribution in [0.2, 0.25) is 0 Å². The number of imide groups is 1. The van der Waals surface area contributed by atoms with Crippen molar-refractivity contribution in [1.82, 2.24) is 15.1 Å². The fourth-order valence-corrected chi connectivity index (χ4v) is 5.37. The number of nitrogens with zero attached hydrogens (tertiary/aromatic N) is 2. The second-order valence-electron chi connectivity index (χ2n) is 8.26. The number of rotatable bonds is 7. The molecule has 7 nitrogen and oxygen atoms in total. The predicted molar refractivity (Wildman–Crippen MR) is 123 cm³/mol. The van der Waals surface area contributed by atoms with E-state index in [2.05, 4.69) is 24.4 Å². The molecule has 1 saturated heterocycles. The SMILES string of the molecule is Cc1cc(C)c(CN2C(=O)N(CCC(=O)NCc3ccco3)C(=O)C3SC=CC32)c(C)c1. The molecular weight excluding hydrogens is 426 g/mol. The molecule has 0 aliphatic carbocycles. The number of amides is 4. The summed E-state index contributed by atoms with van der Waals surface area (Å²) in [5, 5.41) is 4.28. The first kappa shape index (κ1) is 22.2. The Morgan fingerprint density at radius 3 is 2.62 bits per heavy atom. The highest BCUT2D eigenvalue weighted by molar-refractivity contribution is 8.03. The second kappa shape index (κ2) is 9.24. The maximum Gasteiger partial charge on any atom is 0.327 e. The van der Waals surface area contributed by atoms with E-state index in [0.717, 1.165) is 16.7 Å². The van der Waals surface area contributed by atoms with Gasteiger partial charge in [0.05, 0.1) is 18.8 Å². The van der Waals surface area contributed by atoms with Crippen LogP contribution in [0.1, 0.15) is 34.4 Å². The van der Waals surface area contributed by atoms with Gasteiger partial charge in [-0.1, -0.05) is 23.8 Å². The molecular formula is C24H27N3O4S. The van der Waals surface area contributed by atoms with Crippen LogP contribution in [0.5, 0.6) is 0 Å². The van der Waals surface area contributed by atoms with Crippen molar-refractivity contribution in [1.29, 1.82) is 0 Å². The van der Waals surface area contributed by atoms with Crippen molar-refractivity contribution in [3.63, 3.8) is 0 Å². The van der Waals surface area contributed by atoms with Crippen LogP contribution < -0.4 is 5.32 Å². The number of hydrogen-bond acceptors (Lipinski definition) is 5.